The average Bonchev–Trinajstić information content (AvgIpc) is 2.83. The molecule has 0 saturated carbocycles. The van der Waals surface area contributed by atoms with Gasteiger partial charge in [-0.1, -0.05) is 13.8 Å². The van der Waals surface area contributed by atoms with Crippen LogP contribution in [0.5, 0.6) is 0 Å². The van der Waals surface area contributed by atoms with Gasteiger partial charge in [-0.2, -0.15) is 0 Å². The predicted octanol–water partition coefficient (Wildman–Crippen LogP) is 1.58. The third kappa shape index (κ3) is 5.37. The van der Waals surface area contributed by atoms with Gasteiger partial charge in [0.1, 0.15) is 5.69 Å². The number of nitrogens with one attached hydrogen (secondary N) is 2. The Morgan fingerprint density at radius 2 is 1.78 bits per heavy atom. The van der Waals surface area contributed by atoms with Gasteiger partial charge in [0.25, 0.3) is 0 Å². The number of carboxylic acid groups (broad SMARTS) is 2. The molecule has 0 atom stereocenters. The van der Waals surface area contributed by atoms with Gasteiger partial charge in [0.2, 0.25) is 0 Å². The number of H-pyrrole nitrogens is 1. The standard InChI is InChI=1S/C16H27N3O4/c1-4-19(5-2)10-9-17-8-6-7-12-13(15(20)21)11(3)14(18-12)16(22)23/h17-18H,4-10H2,1-3H3,(H,20,21)(H,22,23). The van der Waals surface area contributed by atoms with Gasteiger partial charge in [-0.05, 0) is 45.0 Å². The summed E-state index contributed by atoms with van der Waals surface area (Å²) in [5, 5.41) is 21.7. The van der Waals surface area contributed by atoms with Crippen molar-refractivity contribution in [2.75, 3.05) is 32.7 Å². The Morgan fingerprint density at radius 3 is 2.30 bits per heavy atom. The summed E-state index contributed by atoms with van der Waals surface area (Å²) in [6.45, 7) is 10.5. The topological polar surface area (TPSA) is 106 Å². The molecule has 1 heterocycles. The van der Waals surface area contributed by atoms with Crippen molar-refractivity contribution >= 4 is 11.9 Å². The van der Waals surface area contributed by atoms with Crippen molar-refractivity contribution in [1.82, 2.24) is 15.2 Å². The largest absolute Gasteiger partial charge is 0.478 e. The van der Waals surface area contributed by atoms with Crippen LogP contribution >= 0.6 is 0 Å². The van der Waals surface area contributed by atoms with Crippen LogP contribution in [0, 0.1) is 6.92 Å². The molecule has 0 saturated heterocycles. The number of carbonyl (C=O) groups is 2. The first-order valence-electron chi connectivity index (χ1n) is 8.03. The van der Waals surface area contributed by atoms with Crippen LogP contribution in [-0.2, 0) is 6.42 Å². The Kier molecular flexibility index (Phi) is 7.77. The highest BCUT2D eigenvalue weighted by atomic mass is 16.4. The molecule has 0 unspecified atom stereocenters. The summed E-state index contributed by atoms with van der Waals surface area (Å²) in [4.78, 5) is 27.5. The number of rotatable bonds is 11. The second kappa shape index (κ2) is 9.32. The molecule has 0 radical (unpaired) electrons. The molecular formula is C16H27N3O4. The molecule has 130 valence electrons. The number of aromatic amines is 1. The normalized spacial score (nSPS) is 11.1. The van der Waals surface area contributed by atoms with E-state index in [0.29, 0.717) is 12.1 Å². The maximum Gasteiger partial charge on any atom is 0.352 e. The molecule has 0 aliphatic heterocycles. The van der Waals surface area contributed by atoms with Crippen molar-refractivity contribution in [3.05, 3.63) is 22.5 Å². The van der Waals surface area contributed by atoms with Crippen LogP contribution in [0.2, 0.25) is 0 Å². The third-order valence-corrected chi connectivity index (χ3v) is 4.03. The number of hydrogen-bond acceptors (Lipinski definition) is 4. The van der Waals surface area contributed by atoms with Gasteiger partial charge in [0.05, 0.1) is 5.56 Å². The third-order valence-electron chi connectivity index (χ3n) is 4.03. The van der Waals surface area contributed by atoms with E-state index in [-0.39, 0.29) is 16.8 Å². The lowest BCUT2D eigenvalue weighted by molar-refractivity contribution is 0.0687. The Morgan fingerprint density at radius 1 is 1.13 bits per heavy atom. The molecule has 4 N–H and O–H groups in total. The quantitative estimate of drug-likeness (QED) is 0.460. The van der Waals surface area contributed by atoms with E-state index in [1.165, 1.54) is 6.92 Å². The number of aromatic carboxylic acids is 2. The molecule has 0 spiro atoms. The molecule has 0 aliphatic carbocycles. The Bertz CT molecular complexity index is 536. The van der Waals surface area contributed by atoms with E-state index >= 15 is 0 Å². The first-order valence-corrected chi connectivity index (χ1v) is 8.03. The van der Waals surface area contributed by atoms with Crippen LogP contribution < -0.4 is 5.32 Å². The molecule has 1 aromatic rings. The Labute approximate surface area is 136 Å². The zero-order valence-electron chi connectivity index (χ0n) is 14.1. The van der Waals surface area contributed by atoms with Crippen LogP contribution in [0.25, 0.3) is 0 Å². The molecule has 0 bridgehead atoms. The lowest BCUT2D eigenvalue weighted by Gasteiger charge is -2.17. The van der Waals surface area contributed by atoms with E-state index < -0.39 is 11.9 Å². The maximum absolute atomic E-state index is 11.3. The molecule has 1 aromatic heterocycles. The highest BCUT2D eigenvalue weighted by Crippen LogP contribution is 2.19. The van der Waals surface area contributed by atoms with Crippen LogP contribution in [-0.4, -0.2) is 64.8 Å². The summed E-state index contributed by atoms with van der Waals surface area (Å²) >= 11 is 0. The van der Waals surface area contributed by atoms with E-state index in [1.807, 2.05) is 0 Å². The van der Waals surface area contributed by atoms with E-state index in [2.05, 4.69) is 29.0 Å². The fourth-order valence-corrected chi connectivity index (χ4v) is 2.64. The maximum atomic E-state index is 11.3. The van der Waals surface area contributed by atoms with Crippen LogP contribution in [0.4, 0.5) is 0 Å². The molecule has 7 heteroatoms. The minimum absolute atomic E-state index is 0.0353. The average molecular weight is 325 g/mol. The molecular weight excluding hydrogens is 298 g/mol. The SMILES string of the molecule is CCN(CC)CCNCCCc1[nH]c(C(=O)O)c(C)c1C(=O)O. The molecule has 23 heavy (non-hydrogen) atoms. The minimum Gasteiger partial charge on any atom is -0.478 e. The van der Waals surface area contributed by atoms with E-state index in [1.54, 1.807) is 0 Å². The van der Waals surface area contributed by atoms with Crippen molar-refractivity contribution in [2.24, 2.45) is 0 Å². The smallest absolute Gasteiger partial charge is 0.352 e. The number of carboxylic acids is 2. The van der Waals surface area contributed by atoms with Crippen LogP contribution in [0.1, 0.15) is 52.4 Å². The van der Waals surface area contributed by atoms with Crippen molar-refractivity contribution in [3.8, 4) is 0 Å². The summed E-state index contributed by atoms with van der Waals surface area (Å²) < 4.78 is 0. The molecule has 0 aromatic carbocycles. The zero-order valence-corrected chi connectivity index (χ0v) is 14.1. The van der Waals surface area contributed by atoms with Crippen molar-refractivity contribution < 1.29 is 19.8 Å². The highest BCUT2D eigenvalue weighted by Gasteiger charge is 2.22. The van der Waals surface area contributed by atoms with Gasteiger partial charge in [0, 0.05) is 18.8 Å². The van der Waals surface area contributed by atoms with Gasteiger partial charge in [-0.25, -0.2) is 9.59 Å². The Balaban J connectivity index is 2.50. The summed E-state index contributed by atoms with van der Waals surface area (Å²) in [6.07, 6.45) is 1.26. The summed E-state index contributed by atoms with van der Waals surface area (Å²) in [5.74, 6) is -2.22. The van der Waals surface area contributed by atoms with E-state index in [0.717, 1.165) is 39.1 Å². The highest BCUT2D eigenvalue weighted by molar-refractivity contribution is 5.97. The lowest BCUT2D eigenvalue weighted by atomic mass is 10.1. The number of hydrogen-bond donors (Lipinski definition) is 4. The second-order valence-electron chi connectivity index (χ2n) is 5.47. The second-order valence-corrected chi connectivity index (χ2v) is 5.47. The summed E-state index contributed by atoms with van der Waals surface area (Å²) in [6, 6.07) is 0. The fourth-order valence-electron chi connectivity index (χ4n) is 2.64. The monoisotopic (exact) mass is 325 g/mol. The van der Waals surface area contributed by atoms with Crippen molar-refractivity contribution in [3.63, 3.8) is 0 Å². The van der Waals surface area contributed by atoms with Gasteiger partial charge in [0.15, 0.2) is 0 Å². The first kappa shape index (κ1) is 19.2. The molecule has 0 fully saturated rings. The first-order chi connectivity index (χ1) is 10.9. The molecule has 1 rings (SSSR count). The number of aromatic nitrogens is 1. The lowest BCUT2D eigenvalue weighted by Crippen LogP contribution is -2.32. The number of aryl methyl sites for hydroxylation is 1. The number of likely N-dealkylation sites (N-methyl/N-ethyl adjacent to an activating group) is 1. The van der Waals surface area contributed by atoms with Crippen molar-refractivity contribution in [2.45, 2.75) is 33.6 Å². The van der Waals surface area contributed by atoms with Gasteiger partial charge in [-0.3, -0.25) is 0 Å². The van der Waals surface area contributed by atoms with Gasteiger partial charge >= 0.3 is 11.9 Å². The number of nitrogens with zero attached hydrogens (tertiary/aromatic N) is 1. The van der Waals surface area contributed by atoms with Crippen molar-refractivity contribution in [1.29, 1.82) is 0 Å². The summed E-state index contributed by atoms with van der Waals surface area (Å²) in [7, 11) is 0. The van der Waals surface area contributed by atoms with Crippen LogP contribution in [0.3, 0.4) is 0 Å². The molecule has 0 aliphatic rings. The fraction of sp³-hybridized carbons (Fsp3) is 0.625. The minimum atomic E-state index is -1.13. The Hall–Kier alpha value is -1.86. The van der Waals surface area contributed by atoms with E-state index in [4.69, 9.17) is 5.11 Å². The summed E-state index contributed by atoms with van der Waals surface area (Å²) in [5.41, 5.74) is 0.824. The molecule has 0 amide bonds. The molecule has 7 nitrogen and oxygen atoms in total. The van der Waals surface area contributed by atoms with Gasteiger partial charge < -0.3 is 25.4 Å². The van der Waals surface area contributed by atoms with Gasteiger partial charge in [-0.15, -0.1) is 0 Å². The zero-order chi connectivity index (χ0) is 17.4. The predicted molar refractivity (Wildman–Crippen MR) is 88.4 cm³/mol. The van der Waals surface area contributed by atoms with Crippen LogP contribution in [0.15, 0.2) is 0 Å². The van der Waals surface area contributed by atoms with E-state index in [9.17, 15) is 14.7 Å².